The lowest BCUT2D eigenvalue weighted by Gasteiger charge is -2.35. The van der Waals surface area contributed by atoms with Crippen molar-refractivity contribution in [3.8, 4) is 0 Å². The first kappa shape index (κ1) is 29.4. The highest BCUT2D eigenvalue weighted by molar-refractivity contribution is 5.85. The summed E-state index contributed by atoms with van der Waals surface area (Å²) < 4.78 is 5.30. The molecule has 2 atom stereocenters. The van der Waals surface area contributed by atoms with E-state index in [0.717, 1.165) is 38.8 Å². The van der Waals surface area contributed by atoms with E-state index in [2.05, 4.69) is 5.32 Å². The van der Waals surface area contributed by atoms with Crippen molar-refractivity contribution in [2.24, 2.45) is 11.8 Å². The minimum atomic E-state index is -0.468. The molecule has 0 aromatic heterocycles. The van der Waals surface area contributed by atoms with Gasteiger partial charge in [0.1, 0.15) is 5.60 Å². The second kappa shape index (κ2) is 15.2. The number of hydrogen-bond donors (Lipinski definition) is 5. The summed E-state index contributed by atoms with van der Waals surface area (Å²) in [6, 6.07) is 0. The van der Waals surface area contributed by atoms with E-state index in [-0.39, 0.29) is 43.7 Å². The van der Waals surface area contributed by atoms with Crippen LogP contribution >= 0.6 is 12.4 Å². The van der Waals surface area contributed by atoms with Crippen molar-refractivity contribution in [1.82, 2.24) is 10.2 Å². The summed E-state index contributed by atoms with van der Waals surface area (Å²) in [7, 11) is 0. The zero-order valence-electron chi connectivity index (χ0n) is 18.8. The van der Waals surface area contributed by atoms with Crippen molar-refractivity contribution in [2.75, 3.05) is 39.4 Å². The van der Waals surface area contributed by atoms with Crippen LogP contribution in [0.4, 0.5) is 4.79 Å². The van der Waals surface area contributed by atoms with Gasteiger partial charge in [-0.2, -0.15) is 0 Å². The molecule has 5 N–H and O–H groups in total. The maximum Gasteiger partial charge on any atom is 0.410 e. The van der Waals surface area contributed by atoms with Crippen molar-refractivity contribution >= 4 is 18.5 Å². The quantitative estimate of drug-likeness (QED) is 0.412. The Balaban J connectivity index is 0.000000603. The van der Waals surface area contributed by atoms with Gasteiger partial charge in [-0.15, -0.1) is 12.4 Å². The van der Waals surface area contributed by atoms with Gasteiger partial charge in [0.15, 0.2) is 0 Å². The highest BCUT2D eigenvalue weighted by atomic mass is 35.5. The molecule has 2 saturated heterocycles. The summed E-state index contributed by atoms with van der Waals surface area (Å²) in [5, 5.41) is 39.9. The summed E-state index contributed by atoms with van der Waals surface area (Å²) in [4.78, 5) is 13.5. The number of carbonyl (C=O) groups excluding carboxylic acids is 1. The number of aliphatic hydroxyl groups excluding tert-OH is 4. The molecular weight excluding hydrogens is 412 g/mol. The van der Waals surface area contributed by atoms with Crippen LogP contribution in [0.5, 0.6) is 0 Å². The molecular formula is C21H43ClN2O6. The van der Waals surface area contributed by atoms with E-state index in [1.807, 2.05) is 20.8 Å². The minimum absolute atomic E-state index is 0. The summed E-state index contributed by atoms with van der Waals surface area (Å²) >= 11 is 0. The molecule has 0 radical (unpaired) electrons. The third kappa shape index (κ3) is 11.7. The average molecular weight is 455 g/mol. The summed E-state index contributed by atoms with van der Waals surface area (Å²) in [5.41, 5.74) is -0.468. The number of likely N-dealkylation sites (tertiary alicyclic amines) is 1. The van der Waals surface area contributed by atoms with Gasteiger partial charge < -0.3 is 35.4 Å². The predicted molar refractivity (Wildman–Crippen MR) is 119 cm³/mol. The number of aliphatic hydroxyl groups is 4. The Kier molecular flexibility index (Phi) is 14.9. The Morgan fingerprint density at radius 2 is 1.40 bits per heavy atom. The van der Waals surface area contributed by atoms with E-state index in [4.69, 9.17) is 14.9 Å². The van der Waals surface area contributed by atoms with Crippen molar-refractivity contribution in [3.05, 3.63) is 0 Å². The first-order chi connectivity index (χ1) is 13.7. The van der Waals surface area contributed by atoms with E-state index < -0.39 is 11.7 Å². The predicted octanol–water partition coefficient (Wildman–Crippen LogP) is 1.53. The van der Waals surface area contributed by atoms with Crippen LogP contribution in [0.1, 0.15) is 59.3 Å². The van der Waals surface area contributed by atoms with Crippen molar-refractivity contribution in [3.63, 3.8) is 0 Å². The number of amides is 1. The first-order valence-corrected chi connectivity index (χ1v) is 10.9. The second-order valence-electron chi connectivity index (χ2n) is 9.05. The normalized spacial score (nSPS) is 20.4. The molecule has 2 unspecified atom stereocenters. The van der Waals surface area contributed by atoms with Gasteiger partial charge in [-0.3, -0.25) is 0 Å². The Labute approximate surface area is 187 Å². The Morgan fingerprint density at radius 3 is 1.80 bits per heavy atom. The molecule has 0 saturated carbocycles. The summed E-state index contributed by atoms with van der Waals surface area (Å²) in [6.45, 7) is 8.90. The molecule has 2 rings (SSSR count). The number of halogens is 1. The van der Waals surface area contributed by atoms with E-state index in [9.17, 15) is 15.0 Å². The van der Waals surface area contributed by atoms with Gasteiger partial charge in [0.25, 0.3) is 0 Å². The molecule has 0 aromatic carbocycles. The maximum absolute atomic E-state index is 11.8. The fourth-order valence-corrected chi connectivity index (χ4v) is 3.76. The van der Waals surface area contributed by atoms with Gasteiger partial charge in [-0.1, -0.05) is 0 Å². The van der Waals surface area contributed by atoms with E-state index in [1.54, 1.807) is 4.90 Å². The first-order valence-electron chi connectivity index (χ1n) is 10.9. The van der Waals surface area contributed by atoms with Gasteiger partial charge in [0, 0.05) is 26.3 Å². The number of hydrogen-bond acceptors (Lipinski definition) is 7. The van der Waals surface area contributed by atoms with Crippen LogP contribution in [0, 0.1) is 11.8 Å². The lowest BCUT2D eigenvalue weighted by atomic mass is 9.90. The number of nitrogens with zero attached hydrogens (tertiary/aromatic N) is 1. The largest absolute Gasteiger partial charge is 0.444 e. The molecule has 2 fully saturated rings. The zero-order valence-corrected chi connectivity index (χ0v) is 19.6. The topological polar surface area (TPSA) is 122 Å². The van der Waals surface area contributed by atoms with Crippen LogP contribution in [0.25, 0.3) is 0 Å². The highest BCUT2D eigenvalue weighted by Gasteiger charge is 2.29. The van der Waals surface area contributed by atoms with Crippen LogP contribution in [-0.4, -0.2) is 88.6 Å². The van der Waals surface area contributed by atoms with Gasteiger partial charge in [0.2, 0.25) is 0 Å². The van der Waals surface area contributed by atoms with Gasteiger partial charge >= 0.3 is 6.09 Å². The van der Waals surface area contributed by atoms with E-state index in [0.29, 0.717) is 31.8 Å². The Bertz CT molecular complexity index is 449. The standard InChI is InChI=1S/C13H25NO4.C8H17NO2.ClH/c1-13(2,3)18-12(17)14-7-4-10(5-8-14)11(16)6-9-15;10-6-3-8(11)7-1-4-9-5-2-7;/h10-11,15-16H,4-9H2,1-3H3;7-11H,1-6H2;1H. The third-order valence-corrected chi connectivity index (χ3v) is 5.51. The summed E-state index contributed by atoms with van der Waals surface area (Å²) in [5.74, 6) is 0.583. The zero-order chi connectivity index (χ0) is 21.9. The molecule has 1 amide bonds. The molecule has 8 nitrogen and oxygen atoms in total. The van der Waals surface area contributed by atoms with E-state index in [1.165, 1.54) is 0 Å². The van der Waals surface area contributed by atoms with Crippen LogP contribution in [-0.2, 0) is 4.74 Å². The molecule has 0 aliphatic carbocycles. The molecule has 2 aliphatic heterocycles. The monoisotopic (exact) mass is 454 g/mol. The third-order valence-electron chi connectivity index (χ3n) is 5.51. The van der Waals surface area contributed by atoms with Crippen LogP contribution < -0.4 is 5.32 Å². The number of rotatable bonds is 6. The average Bonchev–Trinajstić information content (AvgIpc) is 2.68. The SMILES string of the molecule is CC(C)(C)OC(=O)N1CCC(C(O)CCO)CC1.Cl.OCCC(O)C1CCNCC1. The fourth-order valence-electron chi connectivity index (χ4n) is 3.76. The van der Waals surface area contributed by atoms with Crippen molar-refractivity contribution in [1.29, 1.82) is 0 Å². The molecule has 0 aromatic rings. The molecule has 0 bridgehead atoms. The number of piperidine rings is 2. The fraction of sp³-hybridized carbons (Fsp3) is 0.952. The van der Waals surface area contributed by atoms with Crippen molar-refractivity contribution < 1.29 is 30.0 Å². The number of ether oxygens (including phenoxy) is 1. The van der Waals surface area contributed by atoms with Crippen LogP contribution in [0.3, 0.4) is 0 Å². The number of nitrogens with one attached hydrogen (secondary N) is 1. The molecule has 2 heterocycles. The highest BCUT2D eigenvalue weighted by Crippen LogP contribution is 2.23. The van der Waals surface area contributed by atoms with E-state index >= 15 is 0 Å². The number of carbonyl (C=O) groups is 1. The van der Waals surface area contributed by atoms with Crippen LogP contribution in [0.2, 0.25) is 0 Å². The molecule has 30 heavy (non-hydrogen) atoms. The second-order valence-corrected chi connectivity index (χ2v) is 9.05. The lowest BCUT2D eigenvalue weighted by molar-refractivity contribution is 0.00450. The summed E-state index contributed by atoms with van der Waals surface area (Å²) in [6.07, 6.45) is 3.53. The van der Waals surface area contributed by atoms with Crippen LogP contribution in [0.15, 0.2) is 0 Å². The molecule has 180 valence electrons. The van der Waals surface area contributed by atoms with Gasteiger partial charge in [-0.25, -0.2) is 4.79 Å². The van der Waals surface area contributed by atoms with Gasteiger partial charge in [-0.05, 0) is 84.2 Å². The Morgan fingerprint density at radius 1 is 0.967 bits per heavy atom. The maximum atomic E-state index is 11.8. The Hall–Kier alpha value is -0.640. The minimum Gasteiger partial charge on any atom is -0.444 e. The lowest BCUT2D eigenvalue weighted by Crippen LogP contribution is -2.43. The van der Waals surface area contributed by atoms with Gasteiger partial charge in [0.05, 0.1) is 12.2 Å². The molecule has 0 spiro atoms. The smallest absolute Gasteiger partial charge is 0.410 e. The molecule has 2 aliphatic rings. The van der Waals surface area contributed by atoms with Crippen molar-refractivity contribution in [2.45, 2.75) is 77.1 Å². The molecule has 9 heteroatoms.